The number of unbranched alkanes of at least 4 members (excludes halogenated alkanes) is 1. The van der Waals surface area contributed by atoms with E-state index in [2.05, 4.69) is 82.8 Å². The Bertz CT molecular complexity index is 643. The van der Waals surface area contributed by atoms with E-state index in [1.165, 1.54) is 0 Å². The second kappa shape index (κ2) is 9.26. The third-order valence-corrected chi connectivity index (χ3v) is 6.37. The molecule has 31 heavy (non-hydrogen) atoms. The molecule has 0 radical (unpaired) electrons. The zero-order chi connectivity index (χ0) is 23.7. The summed E-state index contributed by atoms with van der Waals surface area (Å²) in [5, 5.41) is 7.45. The highest BCUT2D eigenvalue weighted by atomic mass is 15.3. The molecule has 0 unspecified atom stereocenters. The number of aliphatic imine (C=N–C) groups is 2. The van der Waals surface area contributed by atoms with Crippen molar-refractivity contribution >= 4 is 11.9 Å². The van der Waals surface area contributed by atoms with Gasteiger partial charge >= 0.3 is 0 Å². The Balaban J connectivity index is 2.23. The van der Waals surface area contributed by atoms with Crippen LogP contribution in [0.5, 0.6) is 0 Å². The van der Waals surface area contributed by atoms with Gasteiger partial charge in [0.05, 0.1) is 6.04 Å². The smallest absolute Gasteiger partial charge is 0.218 e. The number of hydrogen-bond donors (Lipinski definition) is 4. The van der Waals surface area contributed by atoms with E-state index in [0.717, 1.165) is 45.1 Å². The molecule has 0 bridgehead atoms. The van der Waals surface area contributed by atoms with Crippen molar-refractivity contribution in [1.82, 2.24) is 15.5 Å². The van der Waals surface area contributed by atoms with Gasteiger partial charge in [-0.15, -0.1) is 0 Å². The molecular weight excluding hydrogens is 386 g/mol. The largest absolute Gasteiger partial charge is 0.369 e. The summed E-state index contributed by atoms with van der Waals surface area (Å²) in [4.78, 5) is 11.6. The van der Waals surface area contributed by atoms with Gasteiger partial charge in [0.2, 0.25) is 5.96 Å². The number of nitrogens with one attached hydrogen (secondary N) is 2. The Morgan fingerprint density at radius 2 is 1.29 bits per heavy atom. The molecule has 2 fully saturated rings. The first-order chi connectivity index (χ1) is 14.0. The van der Waals surface area contributed by atoms with Crippen molar-refractivity contribution in [2.45, 2.75) is 135 Å². The topological polar surface area (TPSA) is 104 Å². The summed E-state index contributed by atoms with van der Waals surface area (Å²) < 4.78 is 0. The third-order valence-electron chi connectivity index (χ3n) is 6.37. The summed E-state index contributed by atoms with van der Waals surface area (Å²) in [6.07, 6.45) is 6.10. The molecule has 2 aliphatic rings. The van der Waals surface area contributed by atoms with E-state index in [1.807, 2.05) is 0 Å². The maximum absolute atomic E-state index is 6.56. The van der Waals surface area contributed by atoms with Crippen molar-refractivity contribution in [1.29, 1.82) is 0 Å². The quantitative estimate of drug-likeness (QED) is 0.392. The minimum absolute atomic E-state index is 0.0187. The fourth-order valence-electron chi connectivity index (χ4n) is 6.06. The van der Waals surface area contributed by atoms with Crippen molar-refractivity contribution in [3.05, 3.63) is 0 Å². The second-order valence-corrected chi connectivity index (χ2v) is 12.4. The molecule has 0 saturated carbocycles. The summed E-state index contributed by atoms with van der Waals surface area (Å²) in [5.74, 6) is 0.797. The number of hydrogen-bond acceptors (Lipinski definition) is 3. The highest BCUT2D eigenvalue weighted by molar-refractivity contribution is 5.93. The first-order valence-corrected chi connectivity index (χ1v) is 12.1. The summed E-state index contributed by atoms with van der Waals surface area (Å²) >= 11 is 0. The number of nitrogens with two attached hydrogens (primary N) is 2. The van der Waals surface area contributed by atoms with Crippen LogP contribution in [0.3, 0.4) is 0 Å². The van der Waals surface area contributed by atoms with Gasteiger partial charge in [0, 0.05) is 34.7 Å². The molecule has 2 rings (SSSR count). The Hall–Kier alpha value is -1.34. The van der Waals surface area contributed by atoms with Crippen molar-refractivity contribution in [3.8, 4) is 0 Å². The first kappa shape index (κ1) is 25.9. The van der Waals surface area contributed by atoms with Crippen LogP contribution in [-0.2, 0) is 0 Å². The molecule has 0 spiro atoms. The summed E-state index contributed by atoms with van der Waals surface area (Å²) in [5.41, 5.74) is 13.0. The monoisotopic (exact) mass is 435 g/mol. The average molecular weight is 436 g/mol. The van der Waals surface area contributed by atoms with Crippen LogP contribution in [0.15, 0.2) is 9.98 Å². The molecule has 2 saturated heterocycles. The standard InChI is InChI=1S/C24H49N7/c1-10-11-12-31(18-15-23(6,7)30-24(8,9)16-18)20(26)28-19(25)27-17-13-21(2,3)29-22(4,5)14-17/h17-18,29-30H,10-16H2,1-9H3,(H4,25,26,27,28). The lowest BCUT2D eigenvalue weighted by molar-refractivity contribution is 0.102. The van der Waals surface area contributed by atoms with Crippen molar-refractivity contribution in [2.75, 3.05) is 6.54 Å². The number of guanidine groups is 2. The van der Waals surface area contributed by atoms with Gasteiger partial charge in [0.1, 0.15) is 0 Å². The fourth-order valence-corrected chi connectivity index (χ4v) is 6.06. The number of rotatable bonds is 5. The van der Waals surface area contributed by atoms with Crippen LogP contribution < -0.4 is 22.1 Å². The average Bonchev–Trinajstić information content (AvgIpc) is 2.48. The minimum atomic E-state index is 0.0187. The van der Waals surface area contributed by atoms with Crippen LogP contribution in [-0.4, -0.2) is 57.6 Å². The van der Waals surface area contributed by atoms with E-state index in [0.29, 0.717) is 18.0 Å². The van der Waals surface area contributed by atoms with Crippen LogP contribution >= 0.6 is 0 Å². The van der Waals surface area contributed by atoms with Crippen LogP contribution in [0.1, 0.15) is 101 Å². The molecule has 0 aromatic carbocycles. The lowest BCUT2D eigenvalue weighted by Gasteiger charge is -2.50. The van der Waals surface area contributed by atoms with Gasteiger partial charge in [-0.05, 0) is 87.5 Å². The molecule has 0 amide bonds. The molecule has 7 nitrogen and oxygen atoms in total. The molecular formula is C24H49N7. The van der Waals surface area contributed by atoms with Crippen LogP contribution in [0.25, 0.3) is 0 Å². The molecule has 7 heteroatoms. The SMILES string of the molecule is CCCCN(C(N)=NC(N)=NC1CC(C)(C)NC(C)(C)C1)C1CC(C)(C)NC(C)(C)C1. The molecule has 0 aromatic heterocycles. The zero-order valence-corrected chi connectivity index (χ0v) is 21.6. The molecule has 180 valence electrons. The van der Waals surface area contributed by atoms with Gasteiger partial charge in [0.15, 0.2) is 5.96 Å². The maximum Gasteiger partial charge on any atom is 0.218 e. The Kier molecular flexibility index (Phi) is 7.74. The van der Waals surface area contributed by atoms with Gasteiger partial charge < -0.3 is 27.0 Å². The van der Waals surface area contributed by atoms with Crippen molar-refractivity contribution in [2.24, 2.45) is 21.5 Å². The summed E-state index contributed by atoms with van der Waals surface area (Å²) in [6.45, 7) is 21.0. The fraction of sp³-hybridized carbons (Fsp3) is 0.917. The number of piperidine rings is 2. The highest BCUT2D eigenvalue weighted by Crippen LogP contribution is 2.32. The second-order valence-electron chi connectivity index (χ2n) is 12.4. The normalized spacial score (nSPS) is 26.6. The predicted molar refractivity (Wildman–Crippen MR) is 133 cm³/mol. The first-order valence-electron chi connectivity index (χ1n) is 12.1. The van der Waals surface area contributed by atoms with Gasteiger partial charge in [-0.3, -0.25) is 0 Å². The van der Waals surface area contributed by atoms with Gasteiger partial charge in [0.25, 0.3) is 0 Å². The Labute approximate surface area is 190 Å². The minimum Gasteiger partial charge on any atom is -0.369 e. The van der Waals surface area contributed by atoms with Crippen molar-refractivity contribution in [3.63, 3.8) is 0 Å². The third kappa shape index (κ3) is 7.94. The van der Waals surface area contributed by atoms with Crippen LogP contribution in [0.2, 0.25) is 0 Å². The van der Waals surface area contributed by atoms with E-state index in [4.69, 9.17) is 16.5 Å². The van der Waals surface area contributed by atoms with E-state index in [-0.39, 0.29) is 28.2 Å². The Morgan fingerprint density at radius 1 is 0.839 bits per heavy atom. The van der Waals surface area contributed by atoms with Gasteiger partial charge in [-0.1, -0.05) is 13.3 Å². The van der Waals surface area contributed by atoms with Gasteiger partial charge in [-0.25, -0.2) is 4.99 Å². The molecule has 0 atom stereocenters. The molecule has 6 N–H and O–H groups in total. The molecule has 0 aliphatic carbocycles. The van der Waals surface area contributed by atoms with E-state index in [1.54, 1.807) is 0 Å². The molecule has 0 aromatic rings. The highest BCUT2D eigenvalue weighted by Gasteiger charge is 2.41. The summed E-state index contributed by atoms with van der Waals surface area (Å²) in [7, 11) is 0. The Morgan fingerprint density at radius 3 is 1.74 bits per heavy atom. The van der Waals surface area contributed by atoms with E-state index < -0.39 is 0 Å². The van der Waals surface area contributed by atoms with Crippen LogP contribution in [0.4, 0.5) is 0 Å². The lowest BCUT2D eigenvalue weighted by atomic mass is 9.79. The molecule has 2 heterocycles. The van der Waals surface area contributed by atoms with Crippen molar-refractivity contribution < 1.29 is 0 Å². The molecule has 2 aliphatic heterocycles. The predicted octanol–water partition coefficient (Wildman–Crippen LogP) is 3.34. The number of nitrogens with zero attached hydrogens (tertiary/aromatic N) is 3. The zero-order valence-electron chi connectivity index (χ0n) is 21.6. The van der Waals surface area contributed by atoms with Gasteiger partial charge in [-0.2, -0.15) is 4.99 Å². The lowest BCUT2D eigenvalue weighted by Crippen LogP contribution is -2.63. The van der Waals surface area contributed by atoms with E-state index >= 15 is 0 Å². The maximum atomic E-state index is 6.56. The van der Waals surface area contributed by atoms with Crippen LogP contribution in [0, 0.1) is 0 Å². The van der Waals surface area contributed by atoms with E-state index in [9.17, 15) is 0 Å². The summed E-state index contributed by atoms with van der Waals surface area (Å²) in [6, 6.07) is 0.467.